The lowest BCUT2D eigenvalue weighted by Gasteiger charge is -2.06. The van der Waals surface area contributed by atoms with Crippen LogP contribution in [0.15, 0.2) is 29.7 Å². The monoisotopic (exact) mass is 274 g/mol. The third-order valence-electron chi connectivity index (χ3n) is 3.48. The minimum atomic E-state index is 1.09. The van der Waals surface area contributed by atoms with E-state index in [9.17, 15) is 0 Å². The second-order valence-electron chi connectivity index (χ2n) is 5.88. The van der Waals surface area contributed by atoms with Crippen molar-refractivity contribution in [2.24, 2.45) is 0 Å². The minimum Gasteiger partial charge on any atom is -0.331 e. The second-order valence-corrected chi connectivity index (χ2v) is 5.88. The van der Waals surface area contributed by atoms with Crippen molar-refractivity contribution in [3.8, 4) is 0 Å². The molecule has 20 heavy (non-hydrogen) atoms. The number of hydrogen-bond donors (Lipinski definition) is 0. The maximum absolute atomic E-state index is 4.29. The normalized spacial score (nSPS) is 11.7. The number of nitrogens with zero attached hydrogens (tertiary/aromatic N) is 2. The van der Waals surface area contributed by atoms with Crippen LogP contribution in [0.4, 0.5) is 0 Å². The van der Waals surface area contributed by atoms with E-state index in [1.54, 1.807) is 0 Å². The first-order chi connectivity index (χ1) is 9.63. The zero-order chi connectivity index (χ0) is 14.8. The number of rotatable bonds is 9. The van der Waals surface area contributed by atoms with Gasteiger partial charge in [0.2, 0.25) is 0 Å². The number of aryl methyl sites for hydroxylation is 1. The minimum absolute atomic E-state index is 1.09. The van der Waals surface area contributed by atoms with Crippen molar-refractivity contribution in [3.63, 3.8) is 0 Å². The second kappa shape index (κ2) is 9.57. The molecule has 112 valence electrons. The lowest BCUT2D eigenvalue weighted by molar-refractivity contribution is 0.580. The highest BCUT2D eigenvalue weighted by molar-refractivity contribution is 5.47. The van der Waals surface area contributed by atoms with Crippen molar-refractivity contribution in [2.75, 3.05) is 0 Å². The summed E-state index contributed by atoms with van der Waals surface area (Å²) in [4.78, 5) is 4.29. The van der Waals surface area contributed by atoms with Gasteiger partial charge in [-0.25, -0.2) is 4.98 Å². The smallest absolute Gasteiger partial charge is 0.0950 e. The van der Waals surface area contributed by atoms with Gasteiger partial charge < -0.3 is 4.57 Å². The van der Waals surface area contributed by atoms with E-state index in [0.29, 0.717) is 0 Å². The van der Waals surface area contributed by atoms with Crippen LogP contribution in [0.1, 0.15) is 71.9 Å². The molecule has 2 heteroatoms. The van der Waals surface area contributed by atoms with Gasteiger partial charge in [0, 0.05) is 6.54 Å². The molecule has 1 aromatic rings. The Kier molecular flexibility index (Phi) is 8.01. The first-order valence-electron chi connectivity index (χ1n) is 7.94. The number of aromatic nitrogens is 2. The van der Waals surface area contributed by atoms with Crippen LogP contribution < -0.4 is 0 Å². The van der Waals surface area contributed by atoms with E-state index in [0.717, 1.165) is 19.4 Å². The average molecular weight is 274 g/mol. The van der Waals surface area contributed by atoms with E-state index in [4.69, 9.17) is 0 Å². The predicted octanol–water partition coefficient (Wildman–Crippen LogP) is 5.61. The molecule has 0 aromatic carbocycles. The van der Waals surface area contributed by atoms with E-state index in [1.165, 1.54) is 42.5 Å². The Balaban J connectivity index is 2.50. The van der Waals surface area contributed by atoms with Gasteiger partial charge in [0.1, 0.15) is 0 Å². The lowest BCUT2D eigenvalue weighted by Crippen LogP contribution is -1.99. The topological polar surface area (TPSA) is 17.8 Å². The zero-order valence-electron chi connectivity index (χ0n) is 13.7. The molecule has 0 N–H and O–H groups in total. The van der Waals surface area contributed by atoms with Crippen molar-refractivity contribution < 1.29 is 0 Å². The fourth-order valence-corrected chi connectivity index (χ4v) is 2.26. The highest BCUT2D eigenvalue weighted by Crippen LogP contribution is 2.13. The Hall–Kier alpha value is -1.31. The fourth-order valence-electron chi connectivity index (χ4n) is 2.26. The Bertz CT molecular complexity index is 434. The highest BCUT2D eigenvalue weighted by Gasteiger charge is 2.00. The van der Waals surface area contributed by atoms with Gasteiger partial charge in [0.05, 0.1) is 18.2 Å². The molecule has 2 nitrogen and oxygen atoms in total. The van der Waals surface area contributed by atoms with Crippen LogP contribution in [0.3, 0.4) is 0 Å². The molecule has 0 aliphatic rings. The maximum Gasteiger partial charge on any atom is 0.0950 e. The number of allylic oxidation sites excluding steroid dienone is 3. The number of hydrogen-bond acceptors (Lipinski definition) is 1. The standard InChI is InChI=1S/C18H30N2/c1-5-6-7-8-12-20-15-19-14-18(20)13-17(4)11-9-10-16(2)3/h10,13-15H,5-9,11-12H2,1-4H3. The molecule has 1 rings (SSSR count). The van der Waals surface area contributed by atoms with Crippen LogP contribution in [0.25, 0.3) is 6.08 Å². The molecular formula is C18H30N2. The Labute approximate surface area is 124 Å². The summed E-state index contributed by atoms with van der Waals surface area (Å²) >= 11 is 0. The van der Waals surface area contributed by atoms with Gasteiger partial charge in [-0.2, -0.15) is 0 Å². The molecule has 0 saturated carbocycles. The molecular weight excluding hydrogens is 244 g/mol. The van der Waals surface area contributed by atoms with Crippen LogP contribution in [-0.2, 0) is 6.54 Å². The van der Waals surface area contributed by atoms with E-state index in [2.05, 4.69) is 49.4 Å². The van der Waals surface area contributed by atoms with Crippen LogP contribution in [-0.4, -0.2) is 9.55 Å². The van der Waals surface area contributed by atoms with Crippen LogP contribution >= 0.6 is 0 Å². The molecule has 0 bridgehead atoms. The molecule has 0 saturated heterocycles. The molecule has 0 unspecified atom stereocenters. The molecule has 1 heterocycles. The lowest BCUT2D eigenvalue weighted by atomic mass is 10.1. The zero-order valence-corrected chi connectivity index (χ0v) is 13.7. The first-order valence-corrected chi connectivity index (χ1v) is 7.94. The summed E-state index contributed by atoms with van der Waals surface area (Å²) < 4.78 is 2.28. The van der Waals surface area contributed by atoms with Crippen molar-refractivity contribution in [1.29, 1.82) is 0 Å². The fraction of sp³-hybridized carbons (Fsp3) is 0.611. The van der Waals surface area contributed by atoms with E-state index < -0.39 is 0 Å². The molecule has 0 radical (unpaired) electrons. The summed E-state index contributed by atoms with van der Waals surface area (Å²) in [5, 5.41) is 0. The average Bonchev–Trinajstić information content (AvgIpc) is 2.81. The summed E-state index contributed by atoms with van der Waals surface area (Å²) in [6.07, 6.45) is 16.0. The summed E-state index contributed by atoms with van der Waals surface area (Å²) in [5.41, 5.74) is 4.08. The molecule has 1 aromatic heterocycles. The number of unbranched alkanes of at least 4 members (excludes halogenated alkanes) is 3. The largest absolute Gasteiger partial charge is 0.331 e. The molecule has 0 amide bonds. The van der Waals surface area contributed by atoms with Crippen LogP contribution in [0, 0.1) is 0 Å². The summed E-state index contributed by atoms with van der Waals surface area (Å²) in [6, 6.07) is 0. The summed E-state index contributed by atoms with van der Waals surface area (Å²) in [6.45, 7) is 9.87. The van der Waals surface area contributed by atoms with E-state index in [1.807, 2.05) is 12.5 Å². The van der Waals surface area contributed by atoms with Crippen molar-refractivity contribution in [3.05, 3.63) is 35.4 Å². The third kappa shape index (κ3) is 6.74. The Morgan fingerprint density at radius 1 is 1.20 bits per heavy atom. The molecule has 0 spiro atoms. The number of imidazole rings is 1. The Morgan fingerprint density at radius 2 is 2.00 bits per heavy atom. The molecule has 0 aliphatic heterocycles. The summed E-state index contributed by atoms with van der Waals surface area (Å²) in [7, 11) is 0. The van der Waals surface area contributed by atoms with Crippen LogP contribution in [0.5, 0.6) is 0 Å². The molecule has 0 fully saturated rings. The van der Waals surface area contributed by atoms with Gasteiger partial charge in [-0.05, 0) is 46.1 Å². The quantitative estimate of drug-likeness (QED) is 0.422. The Morgan fingerprint density at radius 3 is 2.70 bits per heavy atom. The van der Waals surface area contributed by atoms with Crippen molar-refractivity contribution in [2.45, 2.75) is 72.8 Å². The van der Waals surface area contributed by atoms with E-state index >= 15 is 0 Å². The SMILES string of the molecule is CCCCCCn1cncc1C=C(C)CCC=C(C)C. The van der Waals surface area contributed by atoms with E-state index in [-0.39, 0.29) is 0 Å². The predicted molar refractivity (Wildman–Crippen MR) is 88.7 cm³/mol. The van der Waals surface area contributed by atoms with Gasteiger partial charge in [0.25, 0.3) is 0 Å². The van der Waals surface area contributed by atoms with Crippen molar-refractivity contribution in [1.82, 2.24) is 9.55 Å². The van der Waals surface area contributed by atoms with Gasteiger partial charge in [-0.15, -0.1) is 0 Å². The van der Waals surface area contributed by atoms with Gasteiger partial charge >= 0.3 is 0 Å². The first kappa shape index (κ1) is 16.7. The molecule has 0 aliphatic carbocycles. The third-order valence-corrected chi connectivity index (χ3v) is 3.48. The van der Waals surface area contributed by atoms with Gasteiger partial charge in [0.15, 0.2) is 0 Å². The maximum atomic E-state index is 4.29. The van der Waals surface area contributed by atoms with Gasteiger partial charge in [-0.3, -0.25) is 0 Å². The van der Waals surface area contributed by atoms with Crippen LogP contribution in [0.2, 0.25) is 0 Å². The highest BCUT2D eigenvalue weighted by atomic mass is 15.0. The summed E-state index contributed by atoms with van der Waals surface area (Å²) in [5.74, 6) is 0. The molecule has 0 atom stereocenters. The van der Waals surface area contributed by atoms with Gasteiger partial charge in [-0.1, -0.05) is 43.4 Å². The van der Waals surface area contributed by atoms with Crippen molar-refractivity contribution >= 4 is 6.08 Å².